The van der Waals surface area contributed by atoms with Crippen LogP contribution in [-0.4, -0.2) is 39.3 Å². The molecule has 134 valence electrons. The Morgan fingerprint density at radius 2 is 2.36 bits per heavy atom. The molecule has 2 N–H and O–H groups in total. The third-order valence-electron chi connectivity index (χ3n) is 4.16. The minimum atomic E-state index is -0.167. The molecule has 1 aliphatic rings. The van der Waals surface area contributed by atoms with Crippen LogP contribution < -0.4 is 10.1 Å². The average Bonchev–Trinajstić information content (AvgIpc) is 3.15. The van der Waals surface area contributed by atoms with Crippen LogP contribution in [0.4, 0.5) is 10.5 Å². The number of nitrogens with one attached hydrogen (secondary N) is 2. The van der Waals surface area contributed by atoms with Crippen LogP contribution in [0.5, 0.6) is 5.75 Å². The number of anilines is 1. The molecule has 2 heterocycles. The Labute approximate surface area is 151 Å². The van der Waals surface area contributed by atoms with Gasteiger partial charge in [0.1, 0.15) is 17.9 Å². The lowest BCUT2D eigenvalue weighted by molar-refractivity contribution is 0.159. The van der Waals surface area contributed by atoms with Crippen LogP contribution in [0.15, 0.2) is 24.5 Å². The summed E-state index contributed by atoms with van der Waals surface area (Å²) in [7, 11) is 0. The van der Waals surface area contributed by atoms with E-state index in [0.29, 0.717) is 29.6 Å². The van der Waals surface area contributed by atoms with Crippen molar-refractivity contribution in [2.45, 2.75) is 38.6 Å². The van der Waals surface area contributed by atoms with Crippen LogP contribution in [0.3, 0.4) is 0 Å². The van der Waals surface area contributed by atoms with E-state index in [0.717, 1.165) is 31.5 Å². The first-order chi connectivity index (χ1) is 12.2. The van der Waals surface area contributed by atoms with Gasteiger partial charge in [-0.25, -0.2) is 9.78 Å². The zero-order chi connectivity index (χ0) is 17.6. The second-order valence-corrected chi connectivity index (χ2v) is 6.41. The van der Waals surface area contributed by atoms with Crippen molar-refractivity contribution in [3.8, 4) is 5.75 Å². The maximum atomic E-state index is 12.7. The summed E-state index contributed by atoms with van der Waals surface area (Å²) >= 11 is 6.23. The smallest absolute Gasteiger partial charge is 0.322 e. The Kier molecular flexibility index (Phi) is 5.75. The van der Waals surface area contributed by atoms with Crippen molar-refractivity contribution >= 4 is 23.3 Å². The van der Waals surface area contributed by atoms with Gasteiger partial charge in [0.05, 0.1) is 17.7 Å². The number of hydrogen-bond acceptors (Lipinski definition) is 4. The Morgan fingerprint density at radius 1 is 1.48 bits per heavy atom. The SMILES string of the molecule is CCCOc1ccc(NC(=O)N2CCCCC2c2ncn[nH]2)cc1Cl. The van der Waals surface area contributed by atoms with Gasteiger partial charge in [-0.1, -0.05) is 18.5 Å². The number of benzene rings is 1. The molecule has 1 saturated heterocycles. The molecule has 0 radical (unpaired) electrons. The number of aromatic nitrogens is 3. The summed E-state index contributed by atoms with van der Waals surface area (Å²) in [5.74, 6) is 1.34. The van der Waals surface area contributed by atoms with E-state index in [9.17, 15) is 4.79 Å². The van der Waals surface area contributed by atoms with E-state index in [2.05, 4.69) is 20.5 Å². The number of nitrogens with zero attached hydrogens (tertiary/aromatic N) is 3. The van der Waals surface area contributed by atoms with Gasteiger partial charge >= 0.3 is 6.03 Å². The molecule has 1 aliphatic heterocycles. The predicted molar refractivity (Wildman–Crippen MR) is 95.9 cm³/mol. The first kappa shape index (κ1) is 17.5. The zero-order valence-corrected chi connectivity index (χ0v) is 14.9. The van der Waals surface area contributed by atoms with Crippen molar-refractivity contribution < 1.29 is 9.53 Å². The summed E-state index contributed by atoms with van der Waals surface area (Å²) < 4.78 is 5.55. The Bertz CT molecular complexity index is 707. The van der Waals surface area contributed by atoms with E-state index in [1.807, 2.05) is 6.92 Å². The number of rotatable bonds is 5. The molecule has 25 heavy (non-hydrogen) atoms. The van der Waals surface area contributed by atoms with Crippen molar-refractivity contribution in [1.29, 1.82) is 0 Å². The highest BCUT2D eigenvalue weighted by atomic mass is 35.5. The fraction of sp³-hybridized carbons (Fsp3) is 0.471. The molecule has 3 rings (SSSR count). The van der Waals surface area contributed by atoms with E-state index in [1.54, 1.807) is 23.1 Å². The molecule has 0 spiro atoms. The van der Waals surface area contributed by atoms with Gasteiger partial charge in [-0.3, -0.25) is 5.10 Å². The molecule has 0 bridgehead atoms. The quantitative estimate of drug-likeness (QED) is 0.840. The third-order valence-corrected chi connectivity index (χ3v) is 4.45. The van der Waals surface area contributed by atoms with Crippen LogP contribution in [0.2, 0.25) is 5.02 Å². The molecule has 7 nitrogen and oxygen atoms in total. The van der Waals surface area contributed by atoms with Crippen molar-refractivity contribution in [3.05, 3.63) is 35.4 Å². The fourth-order valence-corrected chi connectivity index (χ4v) is 3.17. The van der Waals surface area contributed by atoms with Gasteiger partial charge in [0, 0.05) is 12.2 Å². The largest absolute Gasteiger partial charge is 0.492 e. The van der Waals surface area contributed by atoms with Gasteiger partial charge in [-0.15, -0.1) is 0 Å². The third kappa shape index (κ3) is 4.22. The first-order valence-electron chi connectivity index (χ1n) is 8.54. The number of piperidine rings is 1. The van der Waals surface area contributed by atoms with Gasteiger partial charge in [0.15, 0.2) is 0 Å². The summed E-state index contributed by atoms with van der Waals surface area (Å²) in [5.41, 5.74) is 0.640. The van der Waals surface area contributed by atoms with Crippen LogP contribution in [-0.2, 0) is 0 Å². The van der Waals surface area contributed by atoms with Crippen LogP contribution in [0.25, 0.3) is 0 Å². The van der Waals surface area contributed by atoms with Gasteiger partial charge in [0.25, 0.3) is 0 Å². The van der Waals surface area contributed by atoms with Crippen molar-refractivity contribution in [2.24, 2.45) is 0 Å². The van der Waals surface area contributed by atoms with E-state index < -0.39 is 0 Å². The van der Waals surface area contributed by atoms with Gasteiger partial charge < -0.3 is 15.0 Å². The van der Waals surface area contributed by atoms with Gasteiger partial charge in [0.2, 0.25) is 0 Å². The van der Waals surface area contributed by atoms with Gasteiger partial charge in [-0.05, 0) is 43.9 Å². The molecule has 8 heteroatoms. The van der Waals surface area contributed by atoms with Crippen LogP contribution >= 0.6 is 11.6 Å². The Hall–Kier alpha value is -2.28. The van der Waals surface area contributed by atoms with Crippen molar-refractivity contribution in [1.82, 2.24) is 20.1 Å². The maximum absolute atomic E-state index is 12.7. The lowest BCUT2D eigenvalue weighted by Crippen LogP contribution is -2.41. The molecule has 1 aromatic carbocycles. The lowest BCUT2D eigenvalue weighted by Gasteiger charge is -2.34. The highest BCUT2D eigenvalue weighted by Crippen LogP contribution is 2.31. The molecular formula is C17H22ClN5O2. The van der Waals surface area contributed by atoms with E-state index >= 15 is 0 Å². The molecule has 0 saturated carbocycles. The van der Waals surface area contributed by atoms with Crippen LogP contribution in [0, 0.1) is 0 Å². The fourth-order valence-electron chi connectivity index (χ4n) is 2.94. The molecule has 1 atom stereocenters. The number of carbonyl (C=O) groups is 1. The second-order valence-electron chi connectivity index (χ2n) is 6.00. The predicted octanol–water partition coefficient (Wildman–Crippen LogP) is 4.01. The number of H-pyrrole nitrogens is 1. The number of ether oxygens (including phenoxy) is 1. The molecule has 1 aromatic heterocycles. The van der Waals surface area contributed by atoms with E-state index in [4.69, 9.17) is 16.3 Å². The van der Waals surface area contributed by atoms with E-state index in [-0.39, 0.29) is 12.1 Å². The Balaban J connectivity index is 1.69. The zero-order valence-electron chi connectivity index (χ0n) is 14.2. The number of aromatic amines is 1. The average molecular weight is 364 g/mol. The summed E-state index contributed by atoms with van der Waals surface area (Å²) in [5, 5.41) is 10.2. The molecular weight excluding hydrogens is 342 g/mol. The molecule has 1 unspecified atom stereocenters. The summed E-state index contributed by atoms with van der Waals surface area (Å²) in [4.78, 5) is 18.7. The normalized spacial score (nSPS) is 17.4. The van der Waals surface area contributed by atoms with E-state index in [1.165, 1.54) is 6.33 Å². The number of amides is 2. The molecule has 2 aromatic rings. The van der Waals surface area contributed by atoms with Crippen molar-refractivity contribution in [3.63, 3.8) is 0 Å². The number of hydrogen-bond donors (Lipinski definition) is 2. The summed E-state index contributed by atoms with van der Waals surface area (Å²) in [6.07, 6.45) is 5.28. The summed E-state index contributed by atoms with van der Waals surface area (Å²) in [6, 6.07) is 5.02. The molecule has 0 aliphatic carbocycles. The maximum Gasteiger partial charge on any atom is 0.322 e. The second kappa shape index (κ2) is 8.20. The highest BCUT2D eigenvalue weighted by Gasteiger charge is 2.30. The Morgan fingerprint density at radius 3 is 3.08 bits per heavy atom. The summed E-state index contributed by atoms with van der Waals surface area (Å²) in [6.45, 7) is 3.33. The number of carbonyl (C=O) groups excluding carboxylic acids is 1. The minimum Gasteiger partial charge on any atom is -0.492 e. The van der Waals surface area contributed by atoms with Crippen LogP contribution in [0.1, 0.15) is 44.5 Å². The number of likely N-dealkylation sites (tertiary alicyclic amines) is 1. The monoisotopic (exact) mass is 363 g/mol. The lowest BCUT2D eigenvalue weighted by atomic mass is 10.0. The first-order valence-corrected chi connectivity index (χ1v) is 8.92. The molecule has 1 fully saturated rings. The number of halogens is 1. The number of urea groups is 1. The van der Waals surface area contributed by atoms with Gasteiger partial charge in [-0.2, -0.15) is 5.10 Å². The standard InChI is InChI=1S/C17H22ClN5O2/c1-2-9-25-15-7-6-12(10-13(15)18)21-17(24)23-8-4-3-5-14(23)16-19-11-20-22-16/h6-7,10-11,14H,2-5,8-9H2,1H3,(H,21,24)(H,19,20,22). The molecule has 2 amide bonds. The minimum absolute atomic E-state index is 0.0844. The van der Waals surface area contributed by atoms with Crippen molar-refractivity contribution in [2.75, 3.05) is 18.5 Å². The highest BCUT2D eigenvalue weighted by molar-refractivity contribution is 6.32. The topological polar surface area (TPSA) is 83.1 Å².